The molecule has 0 aliphatic heterocycles. The second-order valence-electron chi connectivity index (χ2n) is 3.51. The van der Waals surface area contributed by atoms with E-state index in [0.29, 0.717) is 12.4 Å². The Bertz CT molecular complexity index is 582. The van der Waals surface area contributed by atoms with Gasteiger partial charge in [-0.25, -0.2) is 0 Å². The van der Waals surface area contributed by atoms with E-state index < -0.39 is 11.2 Å². The van der Waals surface area contributed by atoms with E-state index in [9.17, 15) is 13.6 Å². The number of nitrogens with zero attached hydrogens (tertiary/aromatic N) is 3. The molecule has 0 fully saturated rings. The van der Waals surface area contributed by atoms with Crippen LogP contribution in [0.2, 0.25) is 0 Å². The molecule has 2 aromatic heterocycles. The maximum atomic E-state index is 13.3. The Morgan fingerprint density at radius 2 is 2.32 bits per heavy atom. The van der Waals surface area contributed by atoms with E-state index in [1.54, 1.807) is 6.92 Å². The molecule has 0 spiro atoms. The molecule has 1 amide bonds. The fourth-order valence-electron chi connectivity index (χ4n) is 1.40. The van der Waals surface area contributed by atoms with Crippen molar-refractivity contribution in [3.63, 3.8) is 0 Å². The molecule has 2 rings (SSSR count). The first-order valence-corrected chi connectivity index (χ1v) is 6.99. The van der Waals surface area contributed by atoms with Crippen molar-refractivity contribution < 1.29 is 13.6 Å². The number of carbonyl (C=O) groups is 1. The van der Waals surface area contributed by atoms with Crippen LogP contribution >= 0.6 is 23.1 Å². The zero-order valence-corrected chi connectivity index (χ0v) is 11.5. The second kappa shape index (κ2) is 5.25. The third-order valence-electron chi connectivity index (χ3n) is 2.28. The molecule has 0 radical (unpaired) electrons. The number of carbonyl (C=O) groups excluding carboxylic acids is 1. The molecule has 0 aromatic carbocycles. The largest absolute Gasteiger partial charge is 0.377 e. The molecule has 0 aliphatic rings. The van der Waals surface area contributed by atoms with E-state index in [1.165, 1.54) is 15.9 Å². The van der Waals surface area contributed by atoms with Gasteiger partial charge < -0.3 is 10.3 Å². The summed E-state index contributed by atoms with van der Waals surface area (Å²) in [5, 5.41) is 5.72. The van der Waals surface area contributed by atoms with Crippen LogP contribution in [-0.2, 0) is 11.3 Å². The van der Waals surface area contributed by atoms with Crippen molar-refractivity contribution in [1.82, 2.24) is 14.8 Å². The third kappa shape index (κ3) is 2.76. The molecule has 2 N–H and O–H groups in total. The van der Waals surface area contributed by atoms with Crippen LogP contribution in [0, 0.1) is 0 Å². The molecule has 2 aromatic rings. The Hall–Kier alpha value is -1.48. The number of nitrogens with two attached hydrogens (primary N) is 1. The minimum Gasteiger partial charge on any atom is -0.364 e. The van der Waals surface area contributed by atoms with Crippen molar-refractivity contribution in [3.8, 4) is 10.7 Å². The molecule has 0 saturated heterocycles. The average Bonchev–Trinajstić information content (AvgIpc) is 2.96. The summed E-state index contributed by atoms with van der Waals surface area (Å²) in [7, 11) is 0. The summed E-state index contributed by atoms with van der Waals surface area (Å²) in [4.78, 5) is 11.5. The smallest absolute Gasteiger partial charge is 0.364 e. The maximum Gasteiger partial charge on any atom is 0.377 e. The molecule has 2 heterocycles. The van der Waals surface area contributed by atoms with Gasteiger partial charge in [0.25, 0.3) is 5.91 Å². The van der Waals surface area contributed by atoms with E-state index >= 15 is 0 Å². The first-order valence-electron chi connectivity index (χ1n) is 5.29. The number of hydrogen-bond acceptors (Lipinski definition) is 5. The standard InChI is InChI=1S/C10H10F2N4OS2/c1-2-16-7(6-4-3-5-18-6)14-15-9(16)19-10(11,12)8(13)17/h3-5H,2H2,1H3,(H2,13,17). The number of rotatable bonds is 5. The molecule has 0 bridgehead atoms. The summed E-state index contributed by atoms with van der Waals surface area (Å²) in [6.07, 6.45) is 0. The van der Waals surface area contributed by atoms with Gasteiger partial charge in [-0.1, -0.05) is 6.07 Å². The van der Waals surface area contributed by atoms with Crippen LogP contribution in [0.25, 0.3) is 10.7 Å². The number of thiophene rings is 1. The first-order chi connectivity index (χ1) is 8.95. The summed E-state index contributed by atoms with van der Waals surface area (Å²) >= 11 is 1.44. The fraction of sp³-hybridized carbons (Fsp3) is 0.300. The van der Waals surface area contributed by atoms with Gasteiger partial charge in [0, 0.05) is 6.54 Å². The van der Waals surface area contributed by atoms with Gasteiger partial charge in [-0.2, -0.15) is 8.78 Å². The van der Waals surface area contributed by atoms with Gasteiger partial charge in [0.05, 0.1) is 4.88 Å². The highest BCUT2D eigenvalue weighted by Crippen LogP contribution is 2.36. The Morgan fingerprint density at radius 1 is 1.58 bits per heavy atom. The van der Waals surface area contributed by atoms with Crippen molar-refractivity contribution in [2.75, 3.05) is 0 Å². The molecular formula is C10H10F2N4OS2. The SMILES string of the molecule is CCn1c(SC(F)(F)C(N)=O)nnc1-c1cccs1. The Balaban J connectivity index is 2.36. The van der Waals surface area contributed by atoms with Crippen molar-refractivity contribution in [3.05, 3.63) is 17.5 Å². The summed E-state index contributed by atoms with van der Waals surface area (Å²) in [5.74, 6) is -1.19. The van der Waals surface area contributed by atoms with Gasteiger partial charge >= 0.3 is 5.25 Å². The topological polar surface area (TPSA) is 73.8 Å². The molecule has 0 atom stereocenters. The highest BCUT2D eigenvalue weighted by atomic mass is 32.2. The number of amides is 1. The van der Waals surface area contributed by atoms with Crippen molar-refractivity contribution in [2.24, 2.45) is 5.73 Å². The van der Waals surface area contributed by atoms with Gasteiger partial charge in [-0.3, -0.25) is 4.79 Å². The zero-order chi connectivity index (χ0) is 14.0. The number of aromatic nitrogens is 3. The summed E-state index contributed by atoms with van der Waals surface area (Å²) in [5.41, 5.74) is 4.65. The van der Waals surface area contributed by atoms with E-state index in [1.807, 2.05) is 17.5 Å². The van der Waals surface area contributed by atoms with Gasteiger partial charge in [0.2, 0.25) is 0 Å². The van der Waals surface area contributed by atoms with Crippen LogP contribution in [-0.4, -0.2) is 25.9 Å². The van der Waals surface area contributed by atoms with Gasteiger partial charge in [-0.05, 0) is 30.1 Å². The van der Waals surface area contributed by atoms with E-state index in [-0.39, 0.29) is 16.9 Å². The van der Waals surface area contributed by atoms with E-state index in [4.69, 9.17) is 0 Å². The fourth-order valence-corrected chi connectivity index (χ4v) is 2.86. The second-order valence-corrected chi connectivity index (χ2v) is 5.54. The molecule has 9 heteroatoms. The van der Waals surface area contributed by atoms with Crippen LogP contribution in [0.4, 0.5) is 8.78 Å². The predicted molar refractivity (Wildman–Crippen MR) is 69.0 cm³/mol. The molecule has 0 saturated carbocycles. The molecule has 5 nitrogen and oxygen atoms in total. The van der Waals surface area contributed by atoms with Gasteiger partial charge in [0.1, 0.15) is 0 Å². The van der Waals surface area contributed by atoms with Gasteiger partial charge in [-0.15, -0.1) is 21.5 Å². The molecule has 0 unspecified atom stereocenters. The van der Waals surface area contributed by atoms with E-state index in [0.717, 1.165) is 4.88 Å². The van der Waals surface area contributed by atoms with Crippen LogP contribution in [0.1, 0.15) is 6.92 Å². The summed E-state index contributed by atoms with van der Waals surface area (Å²) in [6, 6.07) is 3.65. The molecule has 102 valence electrons. The highest BCUT2D eigenvalue weighted by molar-refractivity contribution is 8.00. The summed E-state index contributed by atoms with van der Waals surface area (Å²) < 4.78 is 28.1. The monoisotopic (exact) mass is 304 g/mol. The number of primary amides is 1. The highest BCUT2D eigenvalue weighted by Gasteiger charge is 2.40. The van der Waals surface area contributed by atoms with Crippen molar-refractivity contribution >= 4 is 29.0 Å². The average molecular weight is 304 g/mol. The molecule has 0 aliphatic carbocycles. The predicted octanol–water partition coefficient (Wildman–Crippen LogP) is 2.20. The van der Waals surface area contributed by atoms with Crippen molar-refractivity contribution in [1.29, 1.82) is 0 Å². The lowest BCUT2D eigenvalue weighted by molar-refractivity contribution is -0.131. The first kappa shape index (κ1) is 13.9. The Morgan fingerprint density at radius 3 is 2.84 bits per heavy atom. The van der Waals surface area contributed by atoms with Crippen LogP contribution in [0.3, 0.4) is 0 Å². The number of hydrogen-bond donors (Lipinski definition) is 1. The zero-order valence-electron chi connectivity index (χ0n) is 9.84. The third-order valence-corrected chi connectivity index (χ3v) is 4.09. The van der Waals surface area contributed by atoms with Crippen LogP contribution < -0.4 is 5.73 Å². The van der Waals surface area contributed by atoms with Crippen molar-refractivity contribution in [2.45, 2.75) is 23.9 Å². The molecule has 19 heavy (non-hydrogen) atoms. The van der Waals surface area contributed by atoms with Crippen LogP contribution in [0.5, 0.6) is 0 Å². The van der Waals surface area contributed by atoms with Crippen LogP contribution in [0.15, 0.2) is 22.7 Å². The Labute approximate surface area is 115 Å². The number of halogens is 2. The van der Waals surface area contributed by atoms with Gasteiger partial charge in [0.15, 0.2) is 11.0 Å². The minimum absolute atomic E-state index is 0.00940. The quantitative estimate of drug-likeness (QED) is 0.859. The molecular weight excluding hydrogens is 294 g/mol. The lowest BCUT2D eigenvalue weighted by Crippen LogP contribution is -2.32. The normalized spacial score (nSPS) is 11.7. The Kier molecular flexibility index (Phi) is 3.85. The maximum absolute atomic E-state index is 13.3. The number of thioether (sulfide) groups is 1. The lowest BCUT2D eigenvalue weighted by Gasteiger charge is -2.11. The summed E-state index contributed by atoms with van der Waals surface area (Å²) in [6.45, 7) is 2.20. The minimum atomic E-state index is -3.70. The lowest BCUT2D eigenvalue weighted by atomic mass is 10.4. The number of alkyl halides is 2. The van der Waals surface area contributed by atoms with E-state index in [2.05, 4.69) is 15.9 Å².